The number of rotatable bonds is 3. The molecule has 1 aliphatic carbocycles. The summed E-state index contributed by atoms with van der Waals surface area (Å²) in [7, 11) is 1.53. The predicted molar refractivity (Wildman–Crippen MR) is 126 cm³/mol. The average Bonchev–Trinajstić information content (AvgIpc) is 2.97. The summed E-state index contributed by atoms with van der Waals surface area (Å²) in [4.78, 5) is 13.6. The number of anilines is 2. The number of nitrogens with one attached hydrogen (secondary N) is 2. The smallest absolute Gasteiger partial charge is 0.163 e. The number of hydrogen-bond acceptors (Lipinski definition) is 5. The third-order valence-corrected chi connectivity index (χ3v) is 6.39. The van der Waals surface area contributed by atoms with Gasteiger partial charge < -0.3 is 20.5 Å². The normalized spacial score (nSPS) is 19.9. The molecule has 0 bridgehead atoms. The predicted octanol–water partition coefficient (Wildman–Crippen LogP) is 5.69. The topological polar surface area (TPSA) is 70.6 Å². The molecule has 3 N–H and O–H groups in total. The van der Waals surface area contributed by atoms with Crippen LogP contribution >= 0.6 is 0 Å². The number of methoxy groups -OCH3 is 1. The maximum atomic E-state index is 13.6. The molecule has 1 heterocycles. The van der Waals surface area contributed by atoms with Gasteiger partial charge >= 0.3 is 0 Å². The van der Waals surface area contributed by atoms with Gasteiger partial charge in [-0.2, -0.15) is 0 Å². The van der Waals surface area contributed by atoms with Crippen LogP contribution in [0.5, 0.6) is 11.5 Å². The molecule has 5 heteroatoms. The van der Waals surface area contributed by atoms with E-state index in [1.165, 1.54) is 18.2 Å². The van der Waals surface area contributed by atoms with E-state index in [4.69, 9.17) is 4.74 Å². The van der Waals surface area contributed by atoms with Gasteiger partial charge in [0.05, 0.1) is 24.5 Å². The zero-order valence-corrected chi connectivity index (χ0v) is 18.2. The Labute approximate surface area is 187 Å². The van der Waals surface area contributed by atoms with Crippen LogP contribution in [0.1, 0.15) is 41.5 Å². The number of para-hydroxylation sites is 2. The Balaban J connectivity index is 1.61. The highest BCUT2D eigenvalue weighted by molar-refractivity contribution is 6.01. The molecule has 0 fully saturated rings. The Morgan fingerprint density at radius 2 is 1.66 bits per heavy atom. The van der Waals surface area contributed by atoms with Crippen molar-refractivity contribution < 1.29 is 14.6 Å². The summed E-state index contributed by atoms with van der Waals surface area (Å²) in [5.41, 5.74) is 6.84. The molecule has 3 aromatic carbocycles. The van der Waals surface area contributed by atoms with E-state index >= 15 is 0 Å². The number of phenolic OH excluding ortho intramolecular Hbond substituents is 1. The molecule has 0 saturated carbocycles. The fraction of sp³-hybridized carbons (Fsp3) is 0.222. The van der Waals surface area contributed by atoms with Gasteiger partial charge in [-0.1, -0.05) is 48.0 Å². The van der Waals surface area contributed by atoms with E-state index < -0.39 is 0 Å². The summed E-state index contributed by atoms with van der Waals surface area (Å²) in [5, 5.41) is 17.2. The summed E-state index contributed by atoms with van der Waals surface area (Å²) >= 11 is 0. The van der Waals surface area contributed by atoms with Crippen molar-refractivity contribution in [3.05, 3.63) is 94.7 Å². The van der Waals surface area contributed by atoms with Gasteiger partial charge in [0.15, 0.2) is 17.3 Å². The van der Waals surface area contributed by atoms with E-state index in [-0.39, 0.29) is 23.5 Å². The molecule has 162 valence electrons. The molecule has 0 amide bonds. The highest BCUT2D eigenvalue weighted by atomic mass is 16.5. The van der Waals surface area contributed by atoms with Crippen LogP contribution in [0.3, 0.4) is 0 Å². The standard InChI is InChI=1S/C27H26N2O3/c1-16-7-9-17(10-8-16)19-13-22-26(24(31)14-19)27(18-11-12-23(30)25(15-18)32-2)29-21-6-4-3-5-20(21)28-22/h3-12,15,19,27-30H,13-14H2,1-2H3/t19-,27+/m1/s1. The van der Waals surface area contributed by atoms with Gasteiger partial charge in [0.25, 0.3) is 0 Å². The molecule has 3 aromatic rings. The van der Waals surface area contributed by atoms with Crippen LogP contribution in [0.4, 0.5) is 11.4 Å². The molecule has 0 radical (unpaired) electrons. The number of aromatic hydroxyl groups is 1. The van der Waals surface area contributed by atoms with Crippen LogP contribution in [0.2, 0.25) is 0 Å². The van der Waals surface area contributed by atoms with Crippen molar-refractivity contribution in [2.45, 2.75) is 31.7 Å². The Morgan fingerprint density at radius 3 is 2.41 bits per heavy atom. The van der Waals surface area contributed by atoms with Gasteiger partial charge in [0.2, 0.25) is 0 Å². The average molecular weight is 427 g/mol. The monoisotopic (exact) mass is 426 g/mol. The Bertz CT molecular complexity index is 1210. The highest BCUT2D eigenvalue weighted by Crippen LogP contribution is 2.45. The number of carbonyl (C=O) groups excluding carboxylic acids is 1. The minimum Gasteiger partial charge on any atom is -0.504 e. The van der Waals surface area contributed by atoms with Crippen molar-refractivity contribution in [2.24, 2.45) is 0 Å². The number of ketones is 1. The van der Waals surface area contributed by atoms with Gasteiger partial charge in [0.1, 0.15) is 0 Å². The largest absolute Gasteiger partial charge is 0.504 e. The van der Waals surface area contributed by atoms with Crippen molar-refractivity contribution in [3.8, 4) is 11.5 Å². The molecule has 2 aliphatic rings. The van der Waals surface area contributed by atoms with Crippen molar-refractivity contribution in [1.29, 1.82) is 0 Å². The first-order valence-electron chi connectivity index (χ1n) is 10.9. The summed E-state index contributed by atoms with van der Waals surface area (Å²) in [6.45, 7) is 2.07. The highest BCUT2D eigenvalue weighted by Gasteiger charge is 2.36. The quantitative estimate of drug-likeness (QED) is 0.502. The van der Waals surface area contributed by atoms with E-state index in [1.807, 2.05) is 30.3 Å². The van der Waals surface area contributed by atoms with Gasteiger partial charge in [0, 0.05) is 17.7 Å². The number of fused-ring (bicyclic) bond motifs is 1. The molecule has 0 aromatic heterocycles. The lowest BCUT2D eigenvalue weighted by molar-refractivity contribution is -0.116. The first-order chi connectivity index (χ1) is 15.5. The summed E-state index contributed by atoms with van der Waals surface area (Å²) in [5.74, 6) is 0.723. The minimum absolute atomic E-state index is 0.0759. The summed E-state index contributed by atoms with van der Waals surface area (Å²) < 4.78 is 5.33. The fourth-order valence-corrected chi connectivity index (χ4v) is 4.69. The lowest BCUT2D eigenvalue weighted by atomic mass is 9.78. The lowest BCUT2D eigenvalue weighted by Crippen LogP contribution is -2.26. The fourth-order valence-electron chi connectivity index (χ4n) is 4.69. The third-order valence-electron chi connectivity index (χ3n) is 6.39. The van der Waals surface area contributed by atoms with Crippen molar-refractivity contribution in [2.75, 3.05) is 17.7 Å². The number of carbonyl (C=O) groups is 1. The molecule has 5 rings (SSSR count). The second kappa shape index (κ2) is 8.08. The summed E-state index contributed by atoms with van der Waals surface area (Å²) in [6.07, 6.45) is 1.22. The van der Waals surface area contributed by atoms with Crippen LogP contribution in [-0.2, 0) is 4.79 Å². The Kier molecular flexibility index (Phi) is 5.10. The van der Waals surface area contributed by atoms with Crippen LogP contribution in [0.25, 0.3) is 0 Å². The van der Waals surface area contributed by atoms with Gasteiger partial charge in [-0.15, -0.1) is 0 Å². The number of ether oxygens (including phenoxy) is 1. The number of allylic oxidation sites excluding steroid dienone is 1. The Morgan fingerprint density at radius 1 is 0.938 bits per heavy atom. The SMILES string of the molecule is COc1cc([C@@H]2Nc3ccccc3NC3=C2C(=O)C[C@H](c2ccc(C)cc2)C3)ccc1O. The van der Waals surface area contributed by atoms with Gasteiger partial charge in [-0.3, -0.25) is 4.79 Å². The number of Topliss-reactive ketones (excluding diaryl/α,β-unsaturated/α-hetero) is 1. The van der Waals surface area contributed by atoms with Crippen LogP contribution in [0, 0.1) is 6.92 Å². The van der Waals surface area contributed by atoms with Crippen molar-refractivity contribution >= 4 is 17.2 Å². The van der Waals surface area contributed by atoms with Gasteiger partial charge in [-0.25, -0.2) is 0 Å². The molecule has 2 atom stereocenters. The maximum Gasteiger partial charge on any atom is 0.163 e. The molecular formula is C27H26N2O3. The molecule has 0 spiro atoms. The number of hydrogen-bond donors (Lipinski definition) is 3. The number of phenols is 1. The molecule has 5 nitrogen and oxygen atoms in total. The Hall–Kier alpha value is -3.73. The van der Waals surface area contributed by atoms with E-state index in [0.717, 1.165) is 34.6 Å². The summed E-state index contributed by atoms with van der Waals surface area (Å²) in [6, 6.07) is 21.4. The second-order valence-corrected chi connectivity index (χ2v) is 8.51. The molecule has 1 aliphatic heterocycles. The van der Waals surface area contributed by atoms with E-state index in [2.05, 4.69) is 41.8 Å². The first-order valence-corrected chi connectivity index (χ1v) is 10.9. The lowest BCUT2D eigenvalue weighted by Gasteiger charge is -2.30. The zero-order valence-electron chi connectivity index (χ0n) is 18.2. The van der Waals surface area contributed by atoms with E-state index in [0.29, 0.717) is 12.2 Å². The molecule has 0 saturated heterocycles. The van der Waals surface area contributed by atoms with Crippen molar-refractivity contribution in [3.63, 3.8) is 0 Å². The maximum absolute atomic E-state index is 13.6. The first kappa shape index (κ1) is 20.2. The van der Waals surface area contributed by atoms with Crippen LogP contribution in [-0.4, -0.2) is 18.0 Å². The van der Waals surface area contributed by atoms with E-state index in [1.54, 1.807) is 12.1 Å². The number of aryl methyl sites for hydroxylation is 1. The minimum atomic E-state index is -0.345. The molecule has 32 heavy (non-hydrogen) atoms. The molecule has 0 unspecified atom stereocenters. The third kappa shape index (κ3) is 3.60. The van der Waals surface area contributed by atoms with Crippen molar-refractivity contribution in [1.82, 2.24) is 0 Å². The number of benzene rings is 3. The van der Waals surface area contributed by atoms with Gasteiger partial charge in [-0.05, 0) is 54.7 Å². The second-order valence-electron chi connectivity index (χ2n) is 8.51. The van der Waals surface area contributed by atoms with E-state index in [9.17, 15) is 9.90 Å². The molecular weight excluding hydrogens is 400 g/mol. The van der Waals surface area contributed by atoms with Crippen LogP contribution in [0.15, 0.2) is 78.0 Å². The van der Waals surface area contributed by atoms with Crippen LogP contribution < -0.4 is 15.4 Å². The zero-order chi connectivity index (χ0) is 22.2.